The Kier molecular flexibility index (Phi) is 5.22. The molecule has 2 aromatic carbocycles. The van der Waals surface area contributed by atoms with E-state index in [-0.39, 0.29) is 0 Å². The summed E-state index contributed by atoms with van der Waals surface area (Å²) in [5.74, 6) is 0.788. The molecule has 4 heteroatoms. The Morgan fingerprint density at radius 1 is 0.880 bits per heavy atom. The normalized spacial score (nSPS) is 10.6. The highest BCUT2D eigenvalue weighted by Crippen LogP contribution is 2.17. The predicted octanol–water partition coefficient (Wildman–Crippen LogP) is 4.48. The molecule has 0 aliphatic rings. The van der Waals surface area contributed by atoms with Crippen LogP contribution in [-0.4, -0.2) is 18.1 Å². The van der Waals surface area contributed by atoms with Gasteiger partial charge in [0.15, 0.2) is 0 Å². The average Bonchev–Trinajstić information content (AvgIpc) is 2.68. The topological polar surface area (TPSA) is 48.4 Å². The summed E-state index contributed by atoms with van der Waals surface area (Å²) in [5.41, 5.74) is 2.35. The van der Waals surface area contributed by atoms with E-state index < -0.39 is 5.97 Å². The van der Waals surface area contributed by atoms with E-state index in [1.165, 1.54) is 0 Å². The van der Waals surface area contributed by atoms with Crippen molar-refractivity contribution in [2.24, 2.45) is 0 Å². The molecular weight excluding hydrogens is 314 g/mol. The third kappa shape index (κ3) is 4.54. The van der Waals surface area contributed by atoms with Crippen molar-refractivity contribution in [3.05, 3.63) is 89.7 Å². The van der Waals surface area contributed by atoms with Crippen molar-refractivity contribution in [2.75, 3.05) is 7.11 Å². The summed E-state index contributed by atoms with van der Waals surface area (Å²) in [5, 5.41) is 0. The molecule has 0 saturated carbocycles. The zero-order valence-electron chi connectivity index (χ0n) is 13.8. The van der Waals surface area contributed by atoms with E-state index in [9.17, 15) is 4.79 Å². The largest absolute Gasteiger partial charge is 0.497 e. The fourth-order valence-electron chi connectivity index (χ4n) is 2.20. The van der Waals surface area contributed by atoms with E-state index in [2.05, 4.69) is 4.98 Å². The lowest BCUT2D eigenvalue weighted by Gasteiger charge is -2.05. The van der Waals surface area contributed by atoms with Gasteiger partial charge in [-0.25, -0.2) is 4.79 Å². The number of pyridine rings is 1. The highest BCUT2D eigenvalue weighted by molar-refractivity contribution is 5.91. The molecule has 0 radical (unpaired) electrons. The SMILES string of the molecule is COc1ccc(C(=O)Oc2ccc(/C=C/c3ccccn3)cc2)cc1. The first-order valence-electron chi connectivity index (χ1n) is 7.80. The zero-order valence-corrected chi connectivity index (χ0v) is 13.8. The fourth-order valence-corrected chi connectivity index (χ4v) is 2.20. The Labute approximate surface area is 146 Å². The van der Waals surface area contributed by atoms with Crippen LogP contribution in [0.4, 0.5) is 0 Å². The van der Waals surface area contributed by atoms with Crippen molar-refractivity contribution in [1.29, 1.82) is 0 Å². The summed E-state index contributed by atoms with van der Waals surface area (Å²) in [6, 6.07) is 19.8. The number of aromatic nitrogens is 1. The van der Waals surface area contributed by atoms with E-state index in [1.807, 2.05) is 42.5 Å². The van der Waals surface area contributed by atoms with Crippen LogP contribution in [-0.2, 0) is 0 Å². The minimum atomic E-state index is -0.403. The van der Waals surface area contributed by atoms with Gasteiger partial charge in [-0.05, 0) is 60.2 Å². The van der Waals surface area contributed by atoms with Crippen molar-refractivity contribution in [3.8, 4) is 11.5 Å². The zero-order chi connectivity index (χ0) is 17.5. The molecule has 0 amide bonds. The van der Waals surface area contributed by atoms with Crippen LogP contribution in [0.3, 0.4) is 0 Å². The molecule has 0 bridgehead atoms. The van der Waals surface area contributed by atoms with Crippen LogP contribution >= 0.6 is 0 Å². The fraction of sp³-hybridized carbons (Fsp3) is 0.0476. The van der Waals surface area contributed by atoms with Crippen LogP contribution < -0.4 is 9.47 Å². The third-order valence-corrected chi connectivity index (χ3v) is 3.55. The molecule has 0 N–H and O–H groups in total. The molecule has 0 spiro atoms. The van der Waals surface area contributed by atoms with Crippen molar-refractivity contribution in [3.63, 3.8) is 0 Å². The van der Waals surface area contributed by atoms with Crippen LogP contribution in [0.15, 0.2) is 72.9 Å². The molecule has 1 heterocycles. The van der Waals surface area contributed by atoms with Gasteiger partial charge >= 0.3 is 5.97 Å². The minimum absolute atomic E-state index is 0.403. The molecule has 1 aromatic heterocycles. The average molecular weight is 331 g/mol. The summed E-state index contributed by atoms with van der Waals surface area (Å²) in [7, 11) is 1.58. The number of benzene rings is 2. The van der Waals surface area contributed by atoms with Crippen LogP contribution in [0.1, 0.15) is 21.6 Å². The molecule has 25 heavy (non-hydrogen) atoms. The van der Waals surface area contributed by atoms with E-state index in [1.54, 1.807) is 49.7 Å². The smallest absolute Gasteiger partial charge is 0.343 e. The summed E-state index contributed by atoms with van der Waals surface area (Å²) in [6.45, 7) is 0. The quantitative estimate of drug-likeness (QED) is 0.511. The maximum atomic E-state index is 12.1. The van der Waals surface area contributed by atoms with E-state index in [0.717, 1.165) is 11.3 Å². The van der Waals surface area contributed by atoms with Gasteiger partial charge in [-0.2, -0.15) is 0 Å². The molecule has 0 aliphatic heterocycles. The van der Waals surface area contributed by atoms with Gasteiger partial charge in [0.25, 0.3) is 0 Å². The minimum Gasteiger partial charge on any atom is -0.497 e. The number of nitrogens with zero attached hydrogens (tertiary/aromatic N) is 1. The highest BCUT2D eigenvalue weighted by atomic mass is 16.5. The Morgan fingerprint density at radius 2 is 1.60 bits per heavy atom. The lowest BCUT2D eigenvalue weighted by atomic mass is 10.2. The molecule has 0 saturated heterocycles. The third-order valence-electron chi connectivity index (χ3n) is 3.55. The number of hydrogen-bond acceptors (Lipinski definition) is 4. The van der Waals surface area contributed by atoms with Gasteiger partial charge in [-0.3, -0.25) is 4.98 Å². The van der Waals surface area contributed by atoms with Crippen molar-refractivity contribution in [2.45, 2.75) is 0 Å². The maximum absolute atomic E-state index is 12.1. The van der Waals surface area contributed by atoms with Crippen molar-refractivity contribution < 1.29 is 14.3 Å². The molecule has 3 aromatic rings. The van der Waals surface area contributed by atoms with Crippen LogP contribution in [0.2, 0.25) is 0 Å². The first-order chi connectivity index (χ1) is 12.2. The van der Waals surface area contributed by atoms with Gasteiger partial charge in [0.05, 0.1) is 18.4 Å². The molecule has 0 atom stereocenters. The van der Waals surface area contributed by atoms with Crippen LogP contribution in [0.5, 0.6) is 11.5 Å². The van der Waals surface area contributed by atoms with E-state index in [4.69, 9.17) is 9.47 Å². The second kappa shape index (κ2) is 7.93. The molecule has 4 nitrogen and oxygen atoms in total. The number of ether oxygens (including phenoxy) is 2. The molecular formula is C21H17NO3. The van der Waals surface area contributed by atoms with Gasteiger partial charge in [0, 0.05) is 6.20 Å². The number of rotatable bonds is 5. The first-order valence-corrected chi connectivity index (χ1v) is 7.80. The Hall–Kier alpha value is -3.40. The molecule has 124 valence electrons. The number of esters is 1. The first kappa shape index (κ1) is 16.5. The standard InChI is InChI=1S/C21H17NO3/c1-24-19-13-8-17(9-14-19)21(23)25-20-11-6-16(7-12-20)5-10-18-4-2-3-15-22-18/h2-15H,1H3/b10-5+. The number of carbonyl (C=O) groups excluding carboxylic acids is 1. The maximum Gasteiger partial charge on any atom is 0.343 e. The Balaban J connectivity index is 1.63. The Bertz CT molecular complexity index is 854. The Morgan fingerprint density at radius 3 is 2.24 bits per heavy atom. The van der Waals surface area contributed by atoms with E-state index in [0.29, 0.717) is 17.1 Å². The lowest BCUT2D eigenvalue weighted by Crippen LogP contribution is -2.08. The van der Waals surface area contributed by atoms with Gasteiger partial charge in [0.1, 0.15) is 11.5 Å². The summed E-state index contributed by atoms with van der Waals surface area (Å²) >= 11 is 0. The number of methoxy groups -OCH3 is 1. The molecule has 0 aliphatic carbocycles. The highest BCUT2D eigenvalue weighted by Gasteiger charge is 2.08. The van der Waals surface area contributed by atoms with Gasteiger partial charge in [-0.15, -0.1) is 0 Å². The number of hydrogen-bond donors (Lipinski definition) is 0. The van der Waals surface area contributed by atoms with Crippen LogP contribution in [0.25, 0.3) is 12.2 Å². The van der Waals surface area contributed by atoms with Gasteiger partial charge in [0.2, 0.25) is 0 Å². The number of carbonyl (C=O) groups is 1. The van der Waals surface area contributed by atoms with Crippen molar-refractivity contribution >= 4 is 18.1 Å². The second-order valence-electron chi connectivity index (χ2n) is 5.27. The molecule has 0 fully saturated rings. The second-order valence-corrected chi connectivity index (χ2v) is 5.27. The van der Waals surface area contributed by atoms with Crippen LogP contribution in [0, 0.1) is 0 Å². The summed E-state index contributed by atoms with van der Waals surface area (Å²) in [6.07, 6.45) is 5.64. The lowest BCUT2D eigenvalue weighted by molar-refractivity contribution is 0.0734. The van der Waals surface area contributed by atoms with Gasteiger partial charge < -0.3 is 9.47 Å². The molecule has 3 rings (SSSR count). The predicted molar refractivity (Wildman–Crippen MR) is 97.6 cm³/mol. The molecule has 0 unspecified atom stereocenters. The summed E-state index contributed by atoms with van der Waals surface area (Å²) in [4.78, 5) is 16.4. The monoisotopic (exact) mass is 331 g/mol. The summed E-state index contributed by atoms with van der Waals surface area (Å²) < 4.78 is 10.4. The van der Waals surface area contributed by atoms with Gasteiger partial charge in [-0.1, -0.05) is 24.3 Å². The van der Waals surface area contributed by atoms with Crippen molar-refractivity contribution in [1.82, 2.24) is 4.98 Å². The van der Waals surface area contributed by atoms with E-state index >= 15 is 0 Å².